The number of benzene rings is 2. The Morgan fingerprint density at radius 1 is 1.11 bits per heavy atom. The van der Waals surface area contributed by atoms with Crippen LogP contribution in [0.1, 0.15) is 53.1 Å². The van der Waals surface area contributed by atoms with Crippen molar-refractivity contribution < 1.29 is 10.2 Å². The number of aliphatic hydroxyl groups is 1. The number of H-pyrrole nitrogens is 1. The molecule has 27 heavy (non-hydrogen) atoms. The predicted molar refractivity (Wildman–Crippen MR) is 106 cm³/mol. The lowest BCUT2D eigenvalue weighted by molar-refractivity contribution is 0.145. The van der Waals surface area contributed by atoms with Crippen LogP contribution in [-0.2, 0) is 6.54 Å². The molecule has 5 nitrogen and oxygen atoms in total. The Morgan fingerprint density at radius 2 is 1.89 bits per heavy atom. The van der Waals surface area contributed by atoms with Gasteiger partial charge in [-0.15, -0.1) is 0 Å². The van der Waals surface area contributed by atoms with Gasteiger partial charge in [0.15, 0.2) is 0 Å². The molecule has 2 atom stereocenters. The van der Waals surface area contributed by atoms with Crippen LogP contribution in [-0.4, -0.2) is 33.2 Å². The zero-order valence-corrected chi connectivity index (χ0v) is 15.5. The minimum absolute atomic E-state index is 0.143. The van der Waals surface area contributed by atoms with E-state index in [0.29, 0.717) is 0 Å². The predicted octanol–water partition coefficient (Wildman–Crippen LogP) is 3.46. The minimum atomic E-state index is -0.724. The molecule has 1 unspecified atom stereocenters. The Balaban J connectivity index is 1.66. The average molecular weight is 363 g/mol. The maximum absolute atomic E-state index is 10.6. The second kappa shape index (κ2) is 6.37. The minimum Gasteiger partial charge on any atom is -0.508 e. The van der Waals surface area contributed by atoms with Gasteiger partial charge in [0, 0.05) is 34.3 Å². The summed E-state index contributed by atoms with van der Waals surface area (Å²) < 4.78 is 0. The van der Waals surface area contributed by atoms with Gasteiger partial charge in [-0.2, -0.15) is 0 Å². The highest BCUT2D eigenvalue weighted by atomic mass is 16.3. The van der Waals surface area contributed by atoms with E-state index in [-0.39, 0.29) is 11.8 Å². The van der Waals surface area contributed by atoms with Crippen molar-refractivity contribution in [1.82, 2.24) is 15.2 Å². The summed E-state index contributed by atoms with van der Waals surface area (Å²) in [7, 11) is 0. The highest BCUT2D eigenvalue weighted by Gasteiger charge is 2.34. The molecule has 0 aliphatic carbocycles. The molecule has 2 aliphatic rings. The van der Waals surface area contributed by atoms with Crippen LogP contribution in [0.2, 0.25) is 0 Å². The smallest absolute Gasteiger partial charge is 0.132 e. The molecule has 2 aromatic carbocycles. The van der Waals surface area contributed by atoms with E-state index < -0.39 is 6.23 Å². The molecular formula is C22H25N3O2. The molecule has 5 heteroatoms. The van der Waals surface area contributed by atoms with Crippen LogP contribution in [0.4, 0.5) is 0 Å². The molecule has 1 aromatic heterocycles. The monoisotopic (exact) mass is 363 g/mol. The summed E-state index contributed by atoms with van der Waals surface area (Å²) in [5.74, 6) is 0.274. The number of aromatic amines is 1. The molecule has 2 aliphatic heterocycles. The molecule has 3 heterocycles. The lowest BCUT2D eigenvalue weighted by Gasteiger charge is -2.19. The fraction of sp³-hybridized carbons (Fsp3) is 0.364. The van der Waals surface area contributed by atoms with E-state index in [0.717, 1.165) is 41.8 Å². The summed E-state index contributed by atoms with van der Waals surface area (Å²) in [6.07, 6.45) is 1.79. The van der Waals surface area contributed by atoms with Crippen LogP contribution in [0, 0.1) is 6.92 Å². The first-order valence-corrected chi connectivity index (χ1v) is 9.71. The van der Waals surface area contributed by atoms with Crippen LogP contribution < -0.4 is 5.32 Å². The number of rotatable bonds is 3. The number of likely N-dealkylation sites (tertiary alicyclic amines) is 1. The second-order valence-corrected chi connectivity index (χ2v) is 7.82. The Kier molecular flexibility index (Phi) is 3.97. The number of nitrogens with zero attached hydrogens (tertiary/aromatic N) is 1. The standard InChI is InChI=1S/C22H25N3O2/c1-13-10-16-15(11-19(13)26)21(24-22(16)27)20-14-6-2-3-7-17(14)23-18(20)12-25-8-4-5-9-25/h2-3,6-7,10-11,21-24,26-27H,4-5,8-9,12H2,1H3/t21-,22?/m0/s1. The van der Waals surface area contributed by atoms with Crippen molar-refractivity contribution in [2.24, 2.45) is 0 Å². The number of fused-ring (bicyclic) bond motifs is 2. The van der Waals surface area contributed by atoms with Gasteiger partial charge in [0.25, 0.3) is 0 Å². The molecule has 0 saturated carbocycles. The fourth-order valence-electron chi connectivity index (χ4n) is 4.64. The van der Waals surface area contributed by atoms with Gasteiger partial charge in [-0.25, -0.2) is 0 Å². The molecule has 1 fully saturated rings. The summed E-state index contributed by atoms with van der Waals surface area (Å²) in [4.78, 5) is 6.09. The second-order valence-electron chi connectivity index (χ2n) is 7.82. The van der Waals surface area contributed by atoms with E-state index in [1.165, 1.54) is 29.5 Å². The summed E-state index contributed by atoms with van der Waals surface area (Å²) in [6.45, 7) is 5.00. The Hall–Kier alpha value is -2.34. The summed E-state index contributed by atoms with van der Waals surface area (Å²) in [6, 6.07) is 11.9. The molecule has 0 bridgehead atoms. The van der Waals surface area contributed by atoms with E-state index in [1.807, 2.05) is 19.1 Å². The van der Waals surface area contributed by atoms with Crippen molar-refractivity contribution in [3.63, 3.8) is 0 Å². The first-order chi connectivity index (χ1) is 13.1. The van der Waals surface area contributed by atoms with Crippen LogP contribution in [0.3, 0.4) is 0 Å². The number of aliphatic hydroxyl groups excluding tert-OH is 1. The van der Waals surface area contributed by atoms with Gasteiger partial charge < -0.3 is 15.2 Å². The molecule has 0 radical (unpaired) electrons. The third-order valence-corrected chi connectivity index (χ3v) is 6.03. The topological polar surface area (TPSA) is 71.5 Å². The van der Waals surface area contributed by atoms with Gasteiger partial charge in [0.05, 0.1) is 6.04 Å². The average Bonchev–Trinajstić information content (AvgIpc) is 3.35. The van der Waals surface area contributed by atoms with Crippen LogP contribution in [0.15, 0.2) is 36.4 Å². The van der Waals surface area contributed by atoms with Crippen LogP contribution in [0.5, 0.6) is 5.75 Å². The Bertz CT molecular complexity index is 1000. The van der Waals surface area contributed by atoms with Gasteiger partial charge in [0.1, 0.15) is 12.0 Å². The van der Waals surface area contributed by atoms with E-state index in [2.05, 4.69) is 33.4 Å². The number of aryl methyl sites for hydroxylation is 1. The largest absolute Gasteiger partial charge is 0.508 e. The van der Waals surface area contributed by atoms with Gasteiger partial charge in [0.2, 0.25) is 0 Å². The highest BCUT2D eigenvalue weighted by molar-refractivity contribution is 5.86. The number of aromatic hydroxyl groups is 1. The Labute approximate surface area is 158 Å². The normalized spacial score (nSPS) is 22.6. The lowest BCUT2D eigenvalue weighted by Crippen LogP contribution is -2.23. The fourth-order valence-corrected chi connectivity index (χ4v) is 4.64. The first-order valence-electron chi connectivity index (χ1n) is 9.71. The lowest BCUT2D eigenvalue weighted by atomic mass is 9.94. The maximum atomic E-state index is 10.6. The summed E-state index contributed by atoms with van der Waals surface area (Å²) in [5, 5.41) is 25.4. The zero-order valence-electron chi connectivity index (χ0n) is 15.5. The summed E-state index contributed by atoms with van der Waals surface area (Å²) in [5.41, 5.74) is 6.08. The van der Waals surface area contributed by atoms with Crippen molar-refractivity contribution in [3.8, 4) is 5.75 Å². The number of phenolic OH excluding ortho intramolecular Hbond substituents is 1. The van der Waals surface area contributed by atoms with E-state index in [1.54, 1.807) is 6.07 Å². The van der Waals surface area contributed by atoms with Crippen LogP contribution in [0.25, 0.3) is 10.9 Å². The first kappa shape index (κ1) is 16.8. The number of para-hydroxylation sites is 1. The van der Waals surface area contributed by atoms with Crippen molar-refractivity contribution in [2.45, 2.75) is 38.6 Å². The highest BCUT2D eigenvalue weighted by Crippen LogP contribution is 2.42. The Morgan fingerprint density at radius 3 is 2.70 bits per heavy atom. The molecular weight excluding hydrogens is 338 g/mol. The maximum Gasteiger partial charge on any atom is 0.132 e. The quantitative estimate of drug-likeness (QED) is 0.575. The molecule has 140 valence electrons. The van der Waals surface area contributed by atoms with E-state index >= 15 is 0 Å². The van der Waals surface area contributed by atoms with Crippen molar-refractivity contribution in [3.05, 3.63) is 64.3 Å². The molecule has 0 spiro atoms. The third kappa shape index (κ3) is 2.74. The number of hydrogen-bond acceptors (Lipinski definition) is 4. The third-order valence-electron chi connectivity index (χ3n) is 6.03. The van der Waals surface area contributed by atoms with Gasteiger partial charge >= 0.3 is 0 Å². The SMILES string of the molecule is Cc1cc2c(cc1O)[C@@H](c1c(CN3CCCC3)[nH]c3ccccc13)NC2O. The number of phenols is 1. The number of hydrogen-bond donors (Lipinski definition) is 4. The van der Waals surface area contributed by atoms with E-state index in [9.17, 15) is 10.2 Å². The molecule has 4 N–H and O–H groups in total. The van der Waals surface area contributed by atoms with Gasteiger partial charge in [-0.3, -0.25) is 10.2 Å². The molecule has 5 rings (SSSR count). The van der Waals surface area contributed by atoms with Crippen molar-refractivity contribution in [1.29, 1.82) is 0 Å². The molecule has 0 amide bonds. The molecule has 1 saturated heterocycles. The zero-order chi connectivity index (χ0) is 18.5. The van der Waals surface area contributed by atoms with Gasteiger partial charge in [-0.1, -0.05) is 18.2 Å². The van der Waals surface area contributed by atoms with Crippen molar-refractivity contribution >= 4 is 10.9 Å². The van der Waals surface area contributed by atoms with E-state index in [4.69, 9.17) is 0 Å². The number of nitrogens with one attached hydrogen (secondary N) is 2. The van der Waals surface area contributed by atoms with Gasteiger partial charge in [-0.05, 0) is 62.2 Å². The van der Waals surface area contributed by atoms with Crippen molar-refractivity contribution in [2.75, 3.05) is 13.1 Å². The summed E-state index contributed by atoms with van der Waals surface area (Å²) >= 11 is 0. The molecule has 3 aromatic rings. The van der Waals surface area contributed by atoms with Crippen LogP contribution >= 0.6 is 0 Å². The number of aromatic nitrogens is 1.